The number of benzene rings is 1. The summed E-state index contributed by atoms with van der Waals surface area (Å²) >= 11 is 0. The quantitative estimate of drug-likeness (QED) is 0.714. The van der Waals surface area contributed by atoms with E-state index in [9.17, 15) is 4.79 Å². The molecule has 1 aromatic rings. The minimum atomic E-state index is 0.0795. The molecule has 6 nitrogen and oxygen atoms in total. The molecule has 144 valence electrons. The Morgan fingerprint density at radius 3 is 2.12 bits per heavy atom. The SMILES string of the molecule is CC[NH+]1CC[NH+](C2CCN(C(=O)c3cc(OC)cc(OC)c3)CC2)CC1. The molecule has 3 rings (SSSR count). The third-order valence-electron chi connectivity index (χ3n) is 6.06. The van der Waals surface area contributed by atoms with Crippen LogP contribution in [0.15, 0.2) is 18.2 Å². The van der Waals surface area contributed by atoms with Crippen LogP contribution in [0, 0.1) is 0 Å². The summed E-state index contributed by atoms with van der Waals surface area (Å²) < 4.78 is 10.6. The van der Waals surface area contributed by atoms with E-state index in [1.807, 2.05) is 4.90 Å². The number of quaternary nitrogens is 2. The van der Waals surface area contributed by atoms with Gasteiger partial charge in [0.2, 0.25) is 0 Å². The highest BCUT2D eigenvalue weighted by Crippen LogP contribution is 2.24. The van der Waals surface area contributed by atoms with Crippen molar-refractivity contribution in [3.05, 3.63) is 23.8 Å². The molecule has 0 unspecified atom stereocenters. The Balaban J connectivity index is 1.57. The van der Waals surface area contributed by atoms with Crippen molar-refractivity contribution in [3.63, 3.8) is 0 Å². The Bertz CT molecular complexity index is 584. The molecule has 0 aromatic heterocycles. The van der Waals surface area contributed by atoms with Gasteiger partial charge >= 0.3 is 0 Å². The number of rotatable bonds is 5. The maximum Gasteiger partial charge on any atom is 0.254 e. The van der Waals surface area contributed by atoms with Gasteiger partial charge in [0.15, 0.2) is 0 Å². The summed E-state index contributed by atoms with van der Waals surface area (Å²) in [5, 5.41) is 0. The van der Waals surface area contributed by atoms with Gasteiger partial charge in [0, 0.05) is 37.6 Å². The lowest BCUT2D eigenvalue weighted by Gasteiger charge is -2.38. The summed E-state index contributed by atoms with van der Waals surface area (Å²) in [6.07, 6.45) is 2.20. The van der Waals surface area contributed by atoms with Crippen LogP contribution in [0.1, 0.15) is 30.1 Å². The average molecular weight is 364 g/mol. The number of ether oxygens (including phenoxy) is 2. The second-order valence-corrected chi connectivity index (χ2v) is 7.43. The van der Waals surface area contributed by atoms with E-state index in [-0.39, 0.29) is 5.91 Å². The first-order valence-corrected chi connectivity index (χ1v) is 9.85. The third kappa shape index (κ3) is 4.30. The van der Waals surface area contributed by atoms with Gasteiger partial charge in [-0.05, 0) is 19.1 Å². The molecule has 1 aromatic carbocycles. The molecule has 6 heteroatoms. The smallest absolute Gasteiger partial charge is 0.254 e. The van der Waals surface area contributed by atoms with Crippen molar-refractivity contribution in [2.45, 2.75) is 25.8 Å². The molecule has 2 heterocycles. The lowest BCUT2D eigenvalue weighted by atomic mass is 10.0. The summed E-state index contributed by atoms with van der Waals surface area (Å²) in [6, 6.07) is 6.10. The third-order valence-corrected chi connectivity index (χ3v) is 6.06. The molecular weight excluding hydrogens is 330 g/mol. The number of likely N-dealkylation sites (tertiary alicyclic amines) is 1. The Morgan fingerprint density at radius 1 is 1.04 bits per heavy atom. The lowest BCUT2D eigenvalue weighted by Crippen LogP contribution is -3.29. The van der Waals surface area contributed by atoms with E-state index in [4.69, 9.17) is 9.47 Å². The van der Waals surface area contributed by atoms with Gasteiger partial charge in [0.25, 0.3) is 5.91 Å². The largest absolute Gasteiger partial charge is 0.497 e. The van der Waals surface area contributed by atoms with Crippen molar-refractivity contribution in [2.75, 3.05) is 60.0 Å². The highest BCUT2D eigenvalue weighted by atomic mass is 16.5. The first-order valence-electron chi connectivity index (χ1n) is 9.85. The van der Waals surface area contributed by atoms with Crippen LogP contribution in [0.5, 0.6) is 11.5 Å². The molecule has 0 bridgehead atoms. The second-order valence-electron chi connectivity index (χ2n) is 7.43. The first kappa shape index (κ1) is 19.0. The topological polar surface area (TPSA) is 47.7 Å². The summed E-state index contributed by atoms with van der Waals surface area (Å²) in [4.78, 5) is 18.4. The number of hydrogen-bond donors (Lipinski definition) is 2. The number of likely N-dealkylation sites (N-methyl/N-ethyl adjacent to an activating group) is 1. The number of carbonyl (C=O) groups excluding carboxylic acids is 1. The predicted octanol–water partition coefficient (Wildman–Crippen LogP) is -0.888. The van der Waals surface area contributed by atoms with Gasteiger partial charge in [0.1, 0.15) is 37.7 Å². The van der Waals surface area contributed by atoms with E-state index in [1.54, 1.807) is 42.2 Å². The molecular formula is C20H33N3O3+2. The molecule has 0 saturated carbocycles. The molecule has 2 fully saturated rings. The molecule has 2 aliphatic heterocycles. The Kier molecular flexibility index (Phi) is 6.38. The van der Waals surface area contributed by atoms with Gasteiger partial charge in [-0.3, -0.25) is 4.79 Å². The molecule has 0 atom stereocenters. The molecule has 0 radical (unpaired) electrons. The molecule has 26 heavy (non-hydrogen) atoms. The van der Waals surface area contributed by atoms with E-state index in [2.05, 4.69) is 6.92 Å². The minimum Gasteiger partial charge on any atom is -0.497 e. The first-order chi connectivity index (χ1) is 12.6. The van der Waals surface area contributed by atoms with Crippen LogP contribution in [0.25, 0.3) is 0 Å². The summed E-state index contributed by atoms with van der Waals surface area (Å²) in [5.74, 6) is 1.39. The Hall–Kier alpha value is -1.79. The van der Waals surface area contributed by atoms with E-state index in [1.165, 1.54) is 32.7 Å². The van der Waals surface area contributed by atoms with Crippen LogP contribution >= 0.6 is 0 Å². The van der Waals surface area contributed by atoms with Crippen LogP contribution in [-0.4, -0.2) is 76.9 Å². The van der Waals surface area contributed by atoms with Gasteiger partial charge in [0.05, 0.1) is 26.8 Å². The number of nitrogens with zero attached hydrogens (tertiary/aromatic N) is 1. The van der Waals surface area contributed by atoms with Crippen LogP contribution < -0.4 is 19.3 Å². The summed E-state index contributed by atoms with van der Waals surface area (Å²) in [6.45, 7) is 10.3. The average Bonchev–Trinajstić information content (AvgIpc) is 2.73. The molecule has 2 saturated heterocycles. The normalized spacial score (nSPS) is 24.3. The Morgan fingerprint density at radius 2 is 1.62 bits per heavy atom. The van der Waals surface area contributed by atoms with Gasteiger partial charge in [-0.25, -0.2) is 0 Å². The number of piperidine rings is 1. The second kappa shape index (κ2) is 8.73. The van der Waals surface area contributed by atoms with Crippen LogP contribution in [0.4, 0.5) is 0 Å². The predicted molar refractivity (Wildman–Crippen MR) is 100 cm³/mol. The molecule has 0 spiro atoms. The van der Waals surface area contributed by atoms with E-state index in [0.29, 0.717) is 23.1 Å². The highest BCUT2D eigenvalue weighted by Gasteiger charge is 2.33. The number of carbonyl (C=O) groups is 1. The zero-order valence-electron chi connectivity index (χ0n) is 16.3. The number of amides is 1. The zero-order chi connectivity index (χ0) is 18.5. The minimum absolute atomic E-state index is 0.0795. The fourth-order valence-corrected chi connectivity index (χ4v) is 4.29. The van der Waals surface area contributed by atoms with E-state index >= 15 is 0 Å². The Labute approximate surface area is 156 Å². The number of methoxy groups -OCH3 is 2. The molecule has 2 aliphatic rings. The van der Waals surface area contributed by atoms with Gasteiger partial charge < -0.3 is 24.2 Å². The maximum absolute atomic E-state index is 12.9. The van der Waals surface area contributed by atoms with Crippen molar-refractivity contribution in [3.8, 4) is 11.5 Å². The fourth-order valence-electron chi connectivity index (χ4n) is 4.29. The summed E-state index contributed by atoms with van der Waals surface area (Å²) in [5.41, 5.74) is 0.646. The fraction of sp³-hybridized carbons (Fsp3) is 0.650. The van der Waals surface area contributed by atoms with Crippen molar-refractivity contribution in [2.24, 2.45) is 0 Å². The van der Waals surface area contributed by atoms with Gasteiger partial charge in [-0.15, -0.1) is 0 Å². The van der Waals surface area contributed by atoms with Gasteiger partial charge in [-0.2, -0.15) is 0 Å². The van der Waals surface area contributed by atoms with E-state index in [0.717, 1.165) is 25.9 Å². The van der Waals surface area contributed by atoms with E-state index < -0.39 is 0 Å². The van der Waals surface area contributed by atoms with Crippen molar-refractivity contribution < 1.29 is 24.1 Å². The van der Waals surface area contributed by atoms with Crippen molar-refractivity contribution in [1.82, 2.24) is 4.90 Å². The number of piperazine rings is 1. The van der Waals surface area contributed by atoms with Gasteiger partial charge in [-0.1, -0.05) is 0 Å². The zero-order valence-corrected chi connectivity index (χ0v) is 16.3. The maximum atomic E-state index is 12.9. The van der Waals surface area contributed by atoms with Crippen LogP contribution in [0.2, 0.25) is 0 Å². The van der Waals surface area contributed by atoms with Crippen LogP contribution in [-0.2, 0) is 0 Å². The summed E-state index contributed by atoms with van der Waals surface area (Å²) in [7, 11) is 3.22. The molecule has 0 aliphatic carbocycles. The van der Waals surface area contributed by atoms with Crippen molar-refractivity contribution >= 4 is 5.91 Å². The molecule has 2 N–H and O–H groups in total. The lowest BCUT2D eigenvalue weighted by molar-refractivity contribution is -1.02. The standard InChI is InChI=1S/C20H31N3O3/c1-4-21-9-11-22(12-10-21)17-5-7-23(8-6-17)20(24)16-13-18(25-2)15-19(14-16)26-3/h13-15,17H,4-12H2,1-3H3/p+2. The monoisotopic (exact) mass is 363 g/mol. The highest BCUT2D eigenvalue weighted by molar-refractivity contribution is 5.95. The number of hydrogen-bond acceptors (Lipinski definition) is 3. The number of nitrogens with one attached hydrogen (secondary N) is 2. The van der Waals surface area contributed by atoms with Crippen LogP contribution in [0.3, 0.4) is 0 Å². The van der Waals surface area contributed by atoms with Crippen molar-refractivity contribution in [1.29, 1.82) is 0 Å². The molecule has 1 amide bonds.